The fourth-order valence-corrected chi connectivity index (χ4v) is 1.81. The fourth-order valence-electron chi connectivity index (χ4n) is 1.81. The maximum atomic E-state index is 12.3. The van der Waals surface area contributed by atoms with Crippen LogP contribution < -0.4 is 14.8 Å². The Bertz CT molecular complexity index is 590. The molecular formula is C15H13F4NO2. The number of nitrogens with one attached hydrogen (secondary N) is 1. The zero-order valence-electron chi connectivity index (χ0n) is 11.3. The molecular weight excluding hydrogens is 302 g/mol. The van der Waals surface area contributed by atoms with Crippen molar-refractivity contribution in [1.29, 1.82) is 0 Å². The lowest BCUT2D eigenvalue weighted by Gasteiger charge is -2.12. The minimum Gasteiger partial charge on any atom is -0.435 e. The highest BCUT2D eigenvalue weighted by atomic mass is 19.3. The summed E-state index contributed by atoms with van der Waals surface area (Å²) >= 11 is 0. The van der Waals surface area contributed by atoms with Crippen molar-refractivity contribution >= 4 is 5.69 Å². The third-order valence-electron chi connectivity index (χ3n) is 2.75. The van der Waals surface area contributed by atoms with Crippen LogP contribution in [0.1, 0.15) is 5.56 Å². The maximum absolute atomic E-state index is 12.3. The SMILES string of the molecule is FC(F)Oc1ccc(NCc2ccccc2OC(F)F)cc1. The van der Waals surface area contributed by atoms with E-state index in [4.69, 9.17) is 0 Å². The molecule has 0 aliphatic carbocycles. The zero-order valence-corrected chi connectivity index (χ0v) is 11.3. The highest BCUT2D eigenvalue weighted by Gasteiger charge is 2.09. The minimum atomic E-state index is -2.90. The smallest absolute Gasteiger partial charge is 0.387 e. The van der Waals surface area contributed by atoms with E-state index in [1.165, 1.54) is 18.2 Å². The molecule has 0 spiro atoms. The van der Waals surface area contributed by atoms with Gasteiger partial charge >= 0.3 is 13.2 Å². The predicted molar refractivity (Wildman–Crippen MR) is 73.5 cm³/mol. The van der Waals surface area contributed by atoms with Crippen molar-refractivity contribution in [2.24, 2.45) is 0 Å². The first-order valence-electron chi connectivity index (χ1n) is 6.36. The Morgan fingerprint density at radius 3 is 2.09 bits per heavy atom. The molecule has 0 unspecified atom stereocenters. The van der Waals surface area contributed by atoms with Crippen LogP contribution in [0.3, 0.4) is 0 Å². The van der Waals surface area contributed by atoms with E-state index in [0.29, 0.717) is 11.3 Å². The molecule has 0 saturated carbocycles. The van der Waals surface area contributed by atoms with Crippen LogP contribution in [0.5, 0.6) is 11.5 Å². The summed E-state index contributed by atoms with van der Waals surface area (Å²) < 4.78 is 57.3. The van der Waals surface area contributed by atoms with E-state index in [2.05, 4.69) is 14.8 Å². The average Bonchev–Trinajstić information content (AvgIpc) is 2.47. The number of benzene rings is 2. The summed E-state index contributed by atoms with van der Waals surface area (Å²) in [6.07, 6.45) is 0. The summed E-state index contributed by atoms with van der Waals surface area (Å²) in [4.78, 5) is 0. The second kappa shape index (κ2) is 7.53. The molecule has 1 N–H and O–H groups in total. The van der Waals surface area contributed by atoms with Crippen molar-refractivity contribution in [2.75, 3.05) is 5.32 Å². The first kappa shape index (κ1) is 15.9. The molecule has 0 radical (unpaired) electrons. The zero-order chi connectivity index (χ0) is 15.9. The molecule has 2 aromatic rings. The third-order valence-corrected chi connectivity index (χ3v) is 2.75. The first-order chi connectivity index (χ1) is 10.5. The monoisotopic (exact) mass is 315 g/mol. The molecule has 0 saturated heterocycles. The summed E-state index contributed by atoms with van der Waals surface area (Å²) in [5.74, 6) is 0.129. The fraction of sp³-hybridized carbons (Fsp3) is 0.200. The van der Waals surface area contributed by atoms with Gasteiger partial charge in [-0.1, -0.05) is 18.2 Å². The van der Waals surface area contributed by atoms with Crippen molar-refractivity contribution < 1.29 is 27.0 Å². The summed E-state index contributed by atoms with van der Waals surface area (Å²) in [7, 11) is 0. The Morgan fingerprint density at radius 2 is 1.45 bits per heavy atom. The van der Waals surface area contributed by atoms with Crippen molar-refractivity contribution in [2.45, 2.75) is 19.8 Å². The quantitative estimate of drug-likeness (QED) is 0.763. The number of rotatable bonds is 7. The van der Waals surface area contributed by atoms with Crippen LogP contribution in [-0.4, -0.2) is 13.2 Å². The Morgan fingerprint density at radius 1 is 0.818 bits per heavy atom. The number of anilines is 1. The topological polar surface area (TPSA) is 30.5 Å². The lowest BCUT2D eigenvalue weighted by Crippen LogP contribution is -2.07. The second-order valence-corrected chi connectivity index (χ2v) is 4.24. The van der Waals surface area contributed by atoms with Crippen LogP contribution in [-0.2, 0) is 6.54 Å². The highest BCUT2D eigenvalue weighted by molar-refractivity contribution is 5.47. The number of hydrogen-bond donors (Lipinski definition) is 1. The molecule has 118 valence electrons. The number of halogens is 4. The molecule has 2 aromatic carbocycles. The molecule has 2 rings (SSSR count). The van der Waals surface area contributed by atoms with Crippen LogP contribution in [0.4, 0.5) is 23.2 Å². The number of alkyl halides is 4. The van der Waals surface area contributed by atoms with E-state index in [1.807, 2.05) is 0 Å². The molecule has 0 aliphatic heterocycles. The Kier molecular flexibility index (Phi) is 5.46. The lowest BCUT2D eigenvalue weighted by atomic mass is 10.2. The normalized spacial score (nSPS) is 10.8. The molecule has 0 atom stereocenters. The highest BCUT2D eigenvalue weighted by Crippen LogP contribution is 2.22. The van der Waals surface area contributed by atoms with Gasteiger partial charge in [-0.05, 0) is 30.3 Å². The van der Waals surface area contributed by atoms with Gasteiger partial charge in [0.15, 0.2) is 0 Å². The van der Waals surface area contributed by atoms with E-state index in [0.717, 1.165) is 0 Å². The molecule has 0 fully saturated rings. The Balaban J connectivity index is 1.98. The van der Waals surface area contributed by atoms with E-state index >= 15 is 0 Å². The van der Waals surface area contributed by atoms with Gasteiger partial charge in [0.1, 0.15) is 11.5 Å². The summed E-state index contributed by atoms with van der Waals surface area (Å²) in [6.45, 7) is -5.53. The standard InChI is InChI=1S/C15H13F4NO2/c16-14(17)21-12-7-5-11(6-8-12)20-9-10-3-1-2-4-13(10)22-15(18)19/h1-8,14-15,20H,9H2. The molecule has 0 aliphatic rings. The van der Waals surface area contributed by atoms with E-state index in [9.17, 15) is 17.6 Å². The van der Waals surface area contributed by atoms with Gasteiger partial charge in [0.05, 0.1) is 0 Å². The van der Waals surface area contributed by atoms with Crippen molar-refractivity contribution in [1.82, 2.24) is 0 Å². The number of ether oxygens (including phenoxy) is 2. The summed E-state index contributed by atoms with van der Waals surface area (Å²) in [6, 6.07) is 12.3. The first-order valence-corrected chi connectivity index (χ1v) is 6.36. The maximum Gasteiger partial charge on any atom is 0.387 e. The Labute approximate surface area is 124 Å². The second-order valence-electron chi connectivity index (χ2n) is 4.24. The Hall–Kier alpha value is -2.44. The molecule has 0 aromatic heterocycles. The van der Waals surface area contributed by atoms with Crippen molar-refractivity contribution in [3.8, 4) is 11.5 Å². The summed E-state index contributed by atoms with van der Waals surface area (Å²) in [5, 5.41) is 2.99. The van der Waals surface area contributed by atoms with Gasteiger partial charge in [-0.25, -0.2) is 0 Å². The number of para-hydroxylation sites is 1. The molecule has 22 heavy (non-hydrogen) atoms. The van der Waals surface area contributed by atoms with Gasteiger partial charge in [-0.3, -0.25) is 0 Å². The average molecular weight is 315 g/mol. The van der Waals surface area contributed by atoms with E-state index in [1.54, 1.807) is 30.3 Å². The molecule has 3 nitrogen and oxygen atoms in total. The van der Waals surface area contributed by atoms with E-state index in [-0.39, 0.29) is 18.0 Å². The van der Waals surface area contributed by atoms with Crippen molar-refractivity contribution in [3.05, 3.63) is 54.1 Å². The van der Waals surface area contributed by atoms with Crippen LogP contribution in [0, 0.1) is 0 Å². The van der Waals surface area contributed by atoms with Gasteiger partial charge in [0.2, 0.25) is 0 Å². The molecule has 0 amide bonds. The lowest BCUT2D eigenvalue weighted by molar-refractivity contribution is -0.0508. The molecule has 0 heterocycles. The summed E-state index contributed by atoms with van der Waals surface area (Å²) in [5.41, 5.74) is 1.18. The molecule has 0 bridgehead atoms. The number of hydrogen-bond acceptors (Lipinski definition) is 3. The largest absolute Gasteiger partial charge is 0.435 e. The third kappa shape index (κ3) is 4.83. The van der Waals surface area contributed by atoms with E-state index < -0.39 is 13.2 Å². The van der Waals surface area contributed by atoms with Gasteiger partial charge in [0, 0.05) is 17.8 Å². The van der Waals surface area contributed by atoms with Gasteiger partial charge in [-0.2, -0.15) is 17.6 Å². The van der Waals surface area contributed by atoms with Crippen LogP contribution in [0.2, 0.25) is 0 Å². The molecule has 7 heteroatoms. The minimum absolute atomic E-state index is 0.0435. The van der Waals surface area contributed by atoms with Crippen molar-refractivity contribution in [3.63, 3.8) is 0 Å². The van der Waals surface area contributed by atoms with Gasteiger partial charge in [0.25, 0.3) is 0 Å². The van der Waals surface area contributed by atoms with Crippen LogP contribution in [0.15, 0.2) is 48.5 Å². The van der Waals surface area contributed by atoms with Gasteiger partial charge < -0.3 is 14.8 Å². The predicted octanol–water partition coefficient (Wildman–Crippen LogP) is 4.50. The van der Waals surface area contributed by atoms with Crippen LogP contribution >= 0.6 is 0 Å². The van der Waals surface area contributed by atoms with Gasteiger partial charge in [-0.15, -0.1) is 0 Å². The van der Waals surface area contributed by atoms with Crippen LogP contribution in [0.25, 0.3) is 0 Å².